The van der Waals surface area contributed by atoms with Crippen molar-refractivity contribution in [3.63, 3.8) is 0 Å². The van der Waals surface area contributed by atoms with Crippen molar-refractivity contribution in [1.29, 1.82) is 0 Å². The number of aryl methyl sites for hydroxylation is 1. The topological polar surface area (TPSA) is 81.2 Å². The number of allylic oxidation sites excluding steroid dienone is 1. The molecule has 0 spiro atoms. The van der Waals surface area contributed by atoms with Crippen LogP contribution < -0.4 is 0 Å². The number of carbonyl (C=O) groups is 1. The lowest BCUT2D eigenvalue weighted by Gasteiger charge is -2.17. The van der Waals surface area contributed by atoms with Gasteiger partial charge in [0.05, 0.1) is 23.3 Å². The van der Waals surface area contributed by atoms with E-state index >= 15 is 0 Å². The first-order chi connectivity index (χ1) is 16.2. The number of fused-ring (bicyclic) bond motifs is 8. The molecule has 8 heteroatoms. The lowest BCUT2D eigenvalue weighted by Crippen LogP contribution is -2.29. The summed E-state index contributed by atoms with van der Waals surface area (Å²) in [7, 11) is 1.83. The van der Waals surface area contributed by atoms with Gasteiger partial charge in [-0.05, 0) is 31.4 Å². The molecule has 1 fully saturated rings. The zero-order chi connectivity index (χ0) is 22.1. The Morgan fingerprint density at radius 1 is 1.09 bits per heavy atom. The molecule has 1 saturated carbocycles. The summed E-state index contributed by atoms with van der Waals surface area (Å²) in [6, 6.07) is 5.78. The number of amides is 1. The van der Waals surface area contributed by atoms with E-state index in [0.29, 0.717) is 29.5 Å². The van der Waals surface area contributed by atoms with Crippen molar-refractivity contribution in [2.24, 2.45) is 0 Å². The van der Waals surface area contributed by atoms with Gasteiger partial charge in [-0.1, -0.05) is 12.1 Å². The summed E-state index contributed by atoms with van der Waals surface area (Å²) in [4.78, 5) is 29.7. The van der Waals surface area contributed by atoms with Crippen LogP contribution in [0.15, 0.2) is 42.9 Å². The van der Waals surface area contributed by atoms with Crippen LogP contribution in [0.1, 0.15) is 58.3 Å². The fourth-order valence-corrected chi connectivity index (χ4v) is 4.98. The van der Waals surface area contributed by atoms with E-state index in [2.05, 4.69) is 12.3 Å². The highest BCUT2D eigenvalue weighted by molar-refractivity contribution is 5.99. The van der Waals surface area contributed by atoms with E-state index in [1.807, 2.05) is 40.5 Å². The van der Waals surface area contributed by atoms with Crippen LogP contribution in [0.5, 0.6) is 0 Å². The van der Waals surface area contributed by atoms with Crippen molar-refractivity contribution in [3.8, 4) is 11.4 Å². The van der Waals surface area contributed by atoms with Crippen LogP contribution in [-0.2, 0) is 13.0 Å². The SMILES string of the molecule is CN1CCCn2cc(c(C3CC3)n2)C2=CCc3ncc(nc32)-c2c(nc3ccccn23)C1=O. The first-order valence-corrected chi connectivity index (χ1v) is 11.5. The molecule has 4 aromatic rings. The Hall–Kier alpha value is -3.81. The van der Waals surface area contributed by atoms with Gasteiger partial charge in [-0.2, -0.15) is 5.10 Å². The first-order valence-electron chi connectivity index (χ1n) is 11.5. The van der Waals surface area contributed by atoms with Crippen molar-refractivity contribution >= 4 is 17.1 Å². The molecule has 0 atom stereocenters. The van der Waals surface area contributed by atoms with Gasteiger partial charge in [0, 0.05) is 56.0 Å². The Morgan fingerprint density at radius 2 is 2.00 bits per heavy atom. The molecule has 0 aromatic carbocycles. The number of aromatic nitrogens is 6. The van der Waals surface area contributed by atoms with Gasteiger partial charge in [0.15, 0.2) is 5.69 Å². The van der Waals surface area contributed by atoms with E-state index in [0.717, 1.165) is 42.0 Å². The third kappa shape index (κ3) is 2.86. The minimum Gasteiger partial charge on any atom is -0.340 e. The quantitative estimate of drug-likeness (QED) is 0.456. The van der Waals surface area contributed by atoms with Gasteiger partial charge in [-0.3, -0.25) is 18.9 Å². The summed E-state index contributed by atoms with van der Waals surface area (Å²) in [5.74, 6) is 0.427. The maximum atomic E-state index is 13.5. The Bertz CT molecular complexity index is 1470. The molecule has 0 saturated heterocycles. The monoisotopic (exact) mass is 437 g/mol. The fourth-order valence-electron chi connectivity index (χ4n) is 4.98. The van der Waals surface area contributed by atoms with E-state index < -0.39 is 0 Å². The van der Waals surface area contributed by atoms with Gasteiger partial charge in [0.1, 0.15) is 17.0 Å². The Morgan fingerprint density at radius 3 is 2.88 bits per heavy atom. The molecule has 4 aromatic heterocycles. The lowest BCUT2D eigenvalue weighted by molar-refractivity contribution is 0.0787. The van der Waals surface area contributed by atoms with Crippen LogP contribution in [0.25, 0.3) is 22.6 Å². The highest BCUT2D eigenvalue weighted by Crippen LogP contribution is 2.44. The summed E-state index contributed by atoms with van der Waals surface area (Å²) in [5, 5.41) is 4.95. The molecular formula is C25H23N7O. The summed E-state index contributed by atoms with van der Waals surface area (Å²) in [5.41, 5.74) is 7.83. The maximum absolute atomic E-state index is 13.5. The normalized spacial score (nSPS) is 17.8. The number of hydrogen-bond acceptors (Lipinski definition) is 5. The van der Waals surface area contributed by atoms with Gasteiger partial charge >= 0.3 is 0 Å². The molecule has 3 aliphatic rings. The predicted molar refractivity (Wildman–Crippen MR) is 123 cm³/mol. The maximum Gasteiger partial charge on any atom is 0.274 e. The highest BCUT2D eigenvalue weighted by atomic mass is 16.2. The average molecular weight is 438 g/mol. The number of carbonyl (C=O) groups excluding carboxylic acids is 1. The van der Waals surface area contributed by atoms with Crippen LogP contribution in [0.2, 0.25) is 0 Å². The van der Waals surface area contributed by atoms with Crippen molar-refractivity contribution in [3.05, 3.63) is 71.2 Å². The standard InChI is InChI=1S/C25H23N7O/c1-30-10-4-11-31-14-17(21(29-31)15-6-7-15)16-8-9-18-22(16)27-19(13-26-18)24-23(25(30)33)28-20-5-2-3-12-32(20)24/h2-3,5,8,12-15H,4,6-7,9-11H2,1H3. The van der Waals surface area contributed by atoms with Crippen LogP contribution in [-0.4, -0.2) is 53.5 Å². The van der Waals surface area contributed by atoms with E-state index in [9.17, 15) is 4.79 Å². The summed E-state index contributed by atoms with van der Waals surface area (Å²) in [6.07, 6.45) is 12.1. The fraction of sp³-hybridized carbons (Fsp3) is 0.320. The molecule has 0 N–H and O–H groups in total. The van der Waals surface area contributed by atoms with Gasteiger partial charge in [-0.25, -0.2) is 9.97 Å². The van der Waals surface area contributed by atoms with Gasteiger partial charge in [-0.15, -0.1) is 0 Å². The van der Waals surface area contributed by atoms with Crippen molar-refractivity contribution in [1.82, 2.24) is 34.0 Å². The lowest BCUT2D eigenvalue weighted by atomic mass is 10.0. The summed E-state index contributed by atoms with van der Waals surface area (Å²) in [6.45, 7) is 1.39. The van der Waals surface area contributed by atoms with Crippen LogP contribution in [0.3, 0.4) is 0 Å². The largest absolute Gasteiger partial charge is 0.340 e. The molecule has 164 valence electrons. The second-order valence-corrected chi connectivity index (χ2v) is 9.16. The number of hydrogen-bond donors (Lipinski definition) is 0. The highest BCUT2D eigenvalue weighted by Gasteiger charge is 2.33. The van der Waals surface area contributed by atoms with E-state index in [4.69, 9.17) is 20.1 Å². The number of rotatable bonds is 1. The smallest absolute Gasteiger partial charge is 0.274 e. The van der Waals surface area contributed by atoms with Crippen molar-refractivity contribution in [2.45, 2.75) is 38.1 Å². The van der Waals surface area contributed by atoms with Crippen molar-refractivity contribution in [2.75, 3.05) is 13.6 Å². The van der Waals surface area contributed by atoms with E-state index in [-0.39, 0.29) is 5.91 Å². The molecule has 2 aliphatic carbocycles. The molecule has 33 heavy (non-hydrogen) atoms. The minimum absolute atomic E-state index is 0.108. The van der Waals surface area contributed by atoms with Gasteiger partial charge in [0.25, 0.3) is 5.91 Å². The average Bonchev–Trinajstić information content (AvgIpc) is 3.28. The Labute approximate surface area is 190 Å². The first kappa shape index (κ1) is 18.7. The molecule has 1 amide bonds. The predicted octanol–water partition coefficient (Wildman–Crippen LogP) is 3.33. The summed E-state index contributed by atoms with van der Waals surface area (Å²) >= 11 is 0. The Kier molecular flexibility index (Phi) is 3.88. The number of nitrogens with zero attached hydrogens (tertiary/aromatic N) is 7. The van der Waals surface area contributed by atoms with E-state index in [1.165, 1.54) is 24.1 Å². The van der Waals surface area contributed by atoms with Crippen LogP contribution in [0, 0.1) is 0 Å². The molecule has 5 heterocycles. The minimum atomic E-state index is -0.108. The second-order valence-electron chi connectivity index (χ2n) is 9.16. The molecule has 8 nitrogen and oxygen atoms in total. The second kappa shape index (κ2) is 6.84. The summed E-state index contributed by atoms with van der Waals surface area (Å²) < 4.78 is 3.98. The Balaban J connectivity index is 1.48. The molecule has 1 aliphatic heterocycles. The molecule has 0 radical (unpaired) electrons. The van der Waals surface area contributed by atoms with Crippen LogP contribution >= 0.6 is 0 Å². The number of imidazole rings is 1. The third-order valence-corrected chi connectivity index (χ3v) is 6.85. The number of pyridine rings is 1. The zero-order valence-electron chi connectivity index (χ0n) is 18.4. The van der Waals surface area contributed by atoms with Crippen molar-refractivity contribution < 1.29 is 4.79 Å². The molecular weight excluding hydrogens is 414 g/mol. The van der Waals surface area contributed by atoms with Gasteiger partial charge in [0.2, 0.25) is 0 Å². The van der Waals surface area contributed by atoms with Crippen LogP contribution in [0.4, 0.5) is 0 Å². The van der Waals surface area contributed by atoms with Gasteiger partial charge < -0.3 is 4.90 Å². The zero-order valence-corrected chi connectivity index (χ0v) is 18.4. The van der Waals surface area contributed by atoms with E-state index in [1.54, 1.807) is 11.1 Å². The molecule has 0 unspecified atom stereocenters. The molecule has 7 rings (SSSR count). The molecule has 4 bridgehead atoms. The third-order valence-electron chi connectivity index (χ3n) is 6.85.